The lowest BCUT2D eigenvalue weighted by Gasteiger charge is -2.18. The number of nitrogens with one attached hydrogen (secondary N) is 1. The van der Waals surface area contributed by atoms with Crippen LogP contribution >= 0.6 is 0 Å². The Balaban J connectivity index is 2.26. The van der Waals surface area contributed by atoms with Crippen molar-refractivity contribution in [3.8, 4) is 0 Å². The summed E-state index contributed by atoms with van der Waals surface area (Å²) in [6.45, 7) is 4.27. The maximum atomic E-state index is 11.5. The second kappa shape index (κ2) is 5.61. The van der Waals surface area contributed by atoms with Gasteiger partial charge in [-0.2, -0.15) is 0 Å². The quantitative estimate of drug-likeness (QED) is 0.775. The Morgan fingerprint density at radius 2 is 2.31 bits per heavy atom. The van der Waals surface area contributed by atoms with Crippen LogP contribution in [0.15, 0.2) is 24.5 Å². The third-order valence-electron chi connectivity index (χ3n) is 2.10. The van der Waals surface area contributed by atoms with Gasteiger partial charge in [-0.1, -0.05) is 6.07 Å². The van der Waals surface area contributed by atoms with Crippen LogP contribution in [-0.2, 0) is 11.2 Å². The van der Waals surface area contributed by atoms with Crippen molar-refractivity contribution in [3.05, 3.63) is 30.1 Å². The third kappa shape index (κ3) is 5.46. The molecule has 4 heteroatoms. The second-order valence-corrected chi connectivity index (χ2v) is 4.63. The van der Waals surface area contributed by atoms with Crippen molar-refractivity contribution in [2.75, 3.05) is 6.54 Å². The monoisotopic (exact) mass is 221 g/mol. The first-order valence-electron chi connectivity index (χ1n) is 5.42. The molecular weight excluding hydrogens is 202 g/mol. The van der Waals surface area contributed by atoms with Crippen LogP contribution in [0.4, 0.5) is 0 Å². The van der Waals surface area contributed by atoms with Crippen molar-refractivity contribution >= 4 is 5.91 Å². The molecule has 0 fully saturated rings. The Labute approximate surface area is 96.3 Å². The van der Waals surface area contributed by atoms with E-state index in [0.29, 0.717) is 19.4 Å². The highest BCUT2D eigenvalue weighted by Crippen LogP contribution is 2.00. The van der Waals surface area contributed by atoms with Gasteiger partial charge in [0.1, 0.15) is 0 Å². The minimum absolute atomic E-state index is 0.0300. The molecule has 0 saturated carbocycles. The van der Waals surface area contributed by atoms with Crippen LogP contribution < -0.4 is 11.1 Å². The zero-order chi connectivity index (χ0) is 12.0. The number of aromatic nitrogens is 1. The van der Waals surface area contributed by atoms with E-state index in [-0.39, 0.29) is 11.4 Å². The van der Waals surface area contributed by atoms with Gasteiger partial charge >= 0.3 is 0 Å². The molecular formula is C12H19N3O. The molecule has 0 bridgehead atoms. The number of hydrogen-bond acceptors (Lipinski definition) is 3. The average Bonchev–Trinajstić information content (AvgIpc) is 2.24. The molecule has 1 rings (SSSR count). The van der Waals surface area contributed by atoms with Crippen LogP contribution in [0.25, 0.3) is 0 Å². The Bertz CT molecular complexity index is 330. The highest BCUT2D eigenvalue weighted by atomic mass is 16.1. The standard InChI is InChI=1S/C12H19N3O/c1-12(2,13)9-15-11(16)6-5-10-4-3-7-14-8-10/h3-4,7-8H,5-6,9,13H2,1-2H3,(H,15,16). The van der Waals surface area contributed by atoms with Crippen molar-refractivity contribution in [2.24, 2.45) is 5.73 Å². The molecule has 0 aromatic carbocycles. The maximum Gasteiger partial charge on any atom is 0.220 e. The molecule has 0 unspecified atom stereocenters. The fourth-order valence-corrected chi connectivity index (χ4v) is 1.22. The minimum Gasteiger partial charge on any atom is -0.354 e. The molecule has 1 aromatic heterocycles. The molecule has 16 heavy (non-hydrogen) atoms. The summed E-state index contributed by atoms with van der Waals surface area (Å²) in [4.78, 5) is 15.5. The first-order chi connectivity index (χ1) is 7.47. The van der Waals surface area contributed by atoms with Crippen molar-refractivity contribution in [3.63, 3.8) is 0 Å². The van der Waals surface area contributed by atoms with Crippen LogP contribution in [0.2, 0.25) is 0 Å². The number of nitrogens with zero attached hydrogens (tertiary/aromatic N) is 1. The lowest BCUT2D eigenvalue weighted by Crippen LogP contribution is -2.45. The van der Waals surface area contributed by atoms with Crippen LogP contribution in [0.5, 0.6) is 0 Å². The largest absolute Gasteiger partial charge is 0.354 e. The summed E-state index contributed by atoms with van der Waals surface area (Å²) in [7, 11) is 0. The van der Waals surface area contributed by atoms with Crippen LogP contribution in [-0.4, -0.2) is 23.0 Å². The molecule has 1 amide bonds. The van der Waals surface area contributed by atoms with Crippen molar-refractivity contribution in [1.29, 1.82) is 0 Å². The lowest BCUT2D eigenvalue weighted by atomic mass is 10.1. The molecule has 4 nitrogen and oxygen atoms in total. The SMILES string of the molecule is CC(C)(N)CNC(=O)CCc1cccnc1. The van der Waals surface area contributed by atoms with E-state index >= 15 is 0 Å². The molecule has 1 heterocycles. The fraction of sp³-hybridized carbons (Fsp3) is 0.500. The molecule has 0 saturated heterocycles. The molecule has 0 atom stereocenters. The molecule has 0 radical (unpaired) electrons. The zero-order valence-electron chi connectivity index (χ0n) is 9.86. The summed E-state index contributed by atoms with van der Waals surface area (Å²) < 4.78 is 0. The Hall–Kier alpha value is -1.42. The normalized spacial score (nSPS) is 11.2. The van der Waals surface area contributed by atoms with Gasteiger partial charge in [-0.3, -0.25) is 9.78 Å². The maximum absolute atomic E-state index is 11.5. The van der Waals surface area contributed by atoms with Crippen LogP contribution in [0.1, 0.15) is 25.8 Å². The fourth-order valence-electron chi connectivity index (χ4n) is 1.22. The number of pyridine rings is 1. The number of hydrogen-bond donors (Lipinski definition) is 2. The topological polar surface area (TPSA) is 68.0 Å². The number of carbonyl (C=O) groups is 1. The lowest BCUT2D eigenvalue weighted by molar-refractivity contribution is -0.121. The number of rotatable bonds is 5. The number of carbonyl (C=O) groups excluding carboxylic acids is 1. The van der Waals surface area contributed by atoms with E-state index < -0.39 is 0 Å². The molecule has 3 N–H and O–H groups in total. The Morgan fingerprint density at radius 1 is 1.56 bits per heavy atom. The van der Waals surface area contributed by atoms with Crippen molar-refractivity contribution in [1.82, 2.24) is 10.3 Å². The molecule has 0 spiro atoms. The van der Waals surface area contributed by atoms with Crippen molar-refractivity contribution < 1.29 is 4.79 Å². The predicted octanol–water partition coefficient (Wildman–Crippen LogP) is 0.868. The van der Waals surface area contributed by atoms with Gasteiger partial charge in [-0.05, 0) is 31.9 Å². The van der Waals surface area contributed by atoms with E-state index in [2.05, 4.69) is 10.3 Å². The zero-order valence-corrected chi connectivity index (χ0v) is 9.86. The van der Waals surface area contributed by atoms with Gasteiger partial charge in [0.25, 0.3) is 0 Å². The highest BCUT2D eigenvalue weighted by molar-refractivity contribution is 5.76. The molecule has 88 valence electrons. The van der Waals surface area contributed by atoms with E-state index in [1.54, 1.807) is 12.4 Å². The number of nitrogens with two attached hydrogens (primary N) is 1. The minimum atomic E-state index is -0.357. The first-order valence-corrected chi connectivity index (χ1v) is 5.42. The summed E-state index contributed by atoms with van der Waals surface area (Å²) in [6, 6.07) is 3.84. The Morgan fingerprint density at radius 3 is 2.88 bits per heavy atom. The summed E-state index contributed by atoms with van der Waals surface area (Å²) in [5, 5.41) is 2.81. The first kappa shape index (κ1) is 12.6. The van der Waals surface area contributed by atoms with Gasteiger partial charge < -0.3 is 11.1 Å². The summed E-state index contributed by atoms with van der Waals surface area (Å²) >= 11 is 0. The third-order valence-corrected chi connectivity index (χ3v) is 2.10. The summed E-state index contributed by atoms with van der Waals surface area (Å²) in [5.74, 6) is 0.0300. The molecule has 1 aromatic rings. The van der Waals surface area contributed by atoms with E-state index in [4.69, 9.17) is 5.73 Å². The second-order valence-electron chi connectivity index (χ2n) is 4.63. The average molecular weight is 221 g/mol. The molecule has 0 aliphatic heterocycles. The van der Waals surface area contributed by atoms with Crippen LogP contribution in [0.3, 0.4) is 0 Å². The van der Waals surface area contributed by atoms with Gasteiger partial charge in [0.2, 0.25) is 5.91 Å². The van der Waals surface area contributed by atoms with E-state index in [9.17, 15) is 4.79 Å². The highest BCUT2D eigenvalue weighted by Gasteiger charge is 2.11. The number of aryl methyl sites for hydroxylation is 1. The predicted molar refractivity (Wildman–Crippen MR) is 63.8 cm³/mol. The smallest absolute Gasteiger partial charge is 0.220 e. The van der Waals surface area contributed by atoms with E-state index in [1.165, 1.54) is 0 Å². The van der Waals surface area contributed by atoms with Gasteiger partial charge in [0.15, 0.2) is 0 Å². The Kier molecular flexibility index (Phi) is 4.43. The van der Waals surface area contributed by atoms with Crippen molar-refractivity contribution in [2.45, 2.75) is 32.2 Å². The van der Waals surface area contributed by atoms with Gasteiger partial charge in [-0.15, -0.1) is 0 Å². The van der Waals surface area contributed by atoms with E-state index in [0.717, 1.165) is 5.56 Å². The molecule has 0 aliphatic rings. The summed E-state index contributed by atoms with van der Waals surface area (Å²) in [5.41, 5.74) is 6.48. The van der Waals surface area contributed by atoms with Crippen LogP contribution in [0, 0.1) is 0 Å². The van der Waals surface area contributed by atoms with Gasteiger partial charge in [0.05, 0.1) is 0 Å². The molecule has 0 aliphatic carbocycles. The van der Waals surface area contributed by atoms with E-state index in [1.807, 2.05) is 26.0 Å². The van der Waals surface area contributed by atoms with Gasteiger partial charge in [0, 0.05) is 30.9 Å². The number of amides is 1. The summed E-state index contributed by atoms with van der Waals surface area (Å²) in [6.07, 6.45) is 4.69. The van der Waals surface area contributed by atoms with Gasteiger partial charge in [-0.25, -0.2) is 0 Å².